The van der Waals surface area contributed by atoms with Crippen molar-refractivity contribution in [3.05, 3.63) is 57.1 Å². The third-order valence-corrected chi connectivity index (χ3v) is 4.25. The van der Waals surface area contributed by atoms with Crippen LogP contribution in [0.2, 0.25) is 10.0 Å². The molecule has 3 nitrogen and oxygen atoms in total. The van der Waals surface area contributed by atoms with Gasteiger partial charge in [-0.15, -0.1) is 0 Å². The lowest BCUT2D eigenvalue weighted by Crippen LogP contribution is -2.09. The Morgan fingerprint density at radius 1 is 1.16 bits per heavy atom. The Morgan fingerprint density at radius 3 is 2.52 bits per heavy atom. The van der Waals surface area contributed by atoms with E-state index in [-0.39, 0.29) is 30.1 Å². The van der Waals surface area contributed by atoms with Crippen LogP contribution < -0.4 is 9.47 Å². The van der Waals surface area contributed by atoms with Crippen molar-refractivity contribution in [2.24, 2.45) is 0 Å². The second-order valence-electron chi connectivity index (χ2n) is 5.27. The summed E-state index contributed by atoms with van der Waals surface area (Å²) < 4.78 is 37.2. The topological polar surface area (TPSA) is 35.5 Å². The monoisotopic (exact) mass is 388 g/mol. The molecule has 0 fully saturated rings. The maximum Gasteiger partial charge on any atom is 0.310 e. The average molecular weight is 389 g/mol. The minimum atomic E-state index is -2.71. The molecule has 2 aromatic carbocycles. The van der Waals surface area contributed by atoms with E-state index in [1.54, 1.807) is 32.0 Å². The van der Waals surface area contributed by atoms with Crippen LogP contribution >= 0.6 is 23.2 Å². The Bertz CT molecular complexity index is 779. The molecule has 134 valence electrons. The van der Waals surface area contributed by atoms with Gasteiger partial charge in [0.25, 0.3) is 6.43 Å². The molecule has 0 radical (unpaired) electrons. The normalized spacial score (nSPS) is 10.8. The van der Waals surface area contributed by atoms with Gasteiger partial charge in [0, 0.05) is 11.4 Å². The van der Waals surface area contributed by atoms with E-state index in [4.69, 9.17) is 32.7 Å². The zero-order valence-electron chi connectivity index (χ0n) is 13.6. The standard InChI is InChI=1S/C18H16Cl2F2O3/c1-3-17(23)25-15-6-4-5-13(19)12(15)9-24-16-8-14(20)10(2)7-11(16)18(21)22/h4-8,18H,3,9H2,1-2H3. The van der Waals surface area contributed by atoms with E-state index in [1.807, 2.05) is 0 Å². The van der Waals surface area contributed by atoms with Crippen molar-refractivity contribution in [3.8, 4) is 11.5 Å². The third kappa shape index (κ3) is 4.83. The van der Waals surface area contributed by atoms with Gasteiger partial charge in [-0.05, 0) is 36.8 Å². The minimum absolute atomic E-state index is 0.0433. The Labute approximate surface area is 154 Å². The zero-order valence-corrected chi connectivity index (χ0v) is 15.1. The van der Waals surface area contributed by atoms with Crippen molar-refractivity contribution in [3.63, 3.8) is 0 Å². The average Bonchev–Trinajstić information content (AvgIpc) is 2.56. The Morgan fingerprint density at radius 2 is 1.88 bits per heavy atom. The molecule has 0 saturated heterocycles. The molecule has 0 heterocycles. The van der Waals surface area contributed by atoms with E-state index in [0.29, 0.717) is 21.2 Å². The predicted molar refractivity (Wildman–Crippen MR) is 92.9 cm³/mol. The number of aryl methyl sites for hydroxylation is 1. The van der Waals surface area contributed by atoms with E-state index < -0.39 is 12.4 Å². The molecule has 0 bridgehead atoms. The van der Waals surface area contributed by atoms with Crippen LogP contribution in [0.1, 0.15) is 36.5 Å². The van der Waals surface area contributed by atoms with Crippen LogP contribution in [-0.4, -0.2) is 5.97 Å². The summed E-state index contributed by atoms with van der Waals surface area (Å²) in [6.45, 7) is 3.14. The van der Waals surface area contributed by atoms with Gasteiger partial charge < -0.3 is 9.47 Å². The number of hydrogen-bond donors (Lipinski definition) is 0. The molecule has 0 saturated carbocycles. The maximum absolute atomic E-state index is 13.2. The summed E-state index contributed by atoms with van der Waals surface area (Å²) >= 11 is 12.1. The molecule has 0 aliphatic carbocycles. The smallest absolute Gasteiger partial charge is 0.310 e. The third-order valence-electron chi connectivity index (χ3n) is 3.49. The highest BCUT2D eigenvalue weighted by molar-refractivity contribution is 6.31. The molecule has 2 aromatic rings. The SMILES string of the molecule is CCC(=O)Oc1cccc(Cl)c1COc1cc(Cl)c(C)cc1C(F)F. The first-order valence-electron chi connectivity index (χ1n) is 7.52. The van der Waals surface area contributed by atoms with Crippen molar-refractivity contribution < 1.29 is 23.0 Å². The molecular formula is C18H16Cl2F2O3. The van der Waals surface area contributed by atoms with Crippen LogP contribution in [0.15, 0.2) is 30.3 Å². The van der Waals surface area contributed by atoms with Crippen LogP contribution in [0.25, 0.3) is 0 Å². The van der Waals surface area contributed by atoms with E-state index in [0.717, 1.165) is 0 Å². The van der Waals surface area contributed by atoms with Crippen molar-refractivity contribution >= 4 is 29.2 Å². The zero-order chi connectivity index (χ0) is 18.6. The molecule has 7 heteroatoms. The Kier molecular flexibility index (Phi) is 6.62. The number of rotatable bonds is 6. The van der Waals surface area contributed by atoms with Crippen LogP contribution in [0.5, 0.6) is 11.5 Å². The first-order chi connectivity index (χ1) is 11.8. The lowest BCUT2D eigenvalue weighted by Gasteiger charge is -2.15. The van der Waals surface area contributed by atoms with Crippen LogP contribution in [0.3, 0.4) is 0 Å². The van der Waals surface area contributed by atoms with Gasteiger partial charge in [0.2, 0.25) is 0 Å². The Balaban J connectivity index is 2.30. The van der Waals surface area contributed by atoms with Gasteiger partial charge in [-0.1, -0.05) is 36.2 Å². The molecule has 0 aliphatic heterocycles. The van der Waals surface area contributed by atoms with E-state index in [1.165, 1.54) is 12.1 Å². The van der Waals surface area contributed by atoms with Crippen molar-refractivity contribution in [1.82, 2.24) is 0 Å². The van der Waals surface area contributed by atoms with Gasteiger partial charge in [-0.3, -0.25) is 4.79 Å². The summed E-state index contributed by atoms with van der Waals surface area (Å²) in [6.07, 6.45) is -2.52. The number of alkyl halides is 2. The van der Waals surface area contributed by atoms with Crippen LogP contribution in [-0.2, 0) is 11.4 Å². The number of esters is 1. The summed E-state index contributed by atoms with van der Waals surface area (Å²) in [6, 6.07) is 7.41. The largest absolute Gasteiger partial charge is 0.488 e. The van der Waals surface area contributed by atoms with Crippen molar-refractivity contribution in [2.45, 2.75) is 33.3 Å². The predicted octanol–water partition coefficient (Wildman–Crippen LogP) is 6.13. The number of halogens is 4. The second kappa shape index (κ2) is 8.50. The van der Waals surface area contributed by atoms with Gasteiger partial charge in [0.15, 0.2) is 0 Å². The van der Waals surface area contributed by atoms with Crippen LogP contribution in [0, 0.1) is 6.92 Å². The highest BCUT2D eigenvalue weighted by atomic mass is 35.5. The van der Waals surface area contributed by atoms with Gasteiger partial charge in [0.05, 0.1) is 16.1 Å². The summed E-state index contributed by atoms with van der Waals surface area (Å²) in [5.41, 5.74) is 0.656. The van der Waals surface area contributed by atoms with Crippen LogP contribution in [0.4, 0.5) is 8.78 Å². The van der Waals surface area contributed by atoms with Gasteiger partial charge in [-0.25, -0.2) is 8.78 Å². The minimum Gasteiger partial charge on any atom is -0.488 e. The summed E-state index contributed by atoms with van der Waals surface area (Å²) in [5, 5.41) is 0.620. The molecular weight excluding hydrogens is 373 g/mol. The highest BCUT2D eigenvalue weighted by Crippen LogP contribution is 2.35. The highest BCUT2D eigenvalue weighted by Gasteiger charge is 2.18. The fourth-order valence-electron chi connectivity index (χ4n) is 2.10. The van der Waals surface area contributed by atoms with Gasteiger partial charge >= 0.3 is 5.97 Å². The molecule has 0 amide bonds. The molecule has 2 rings (SSSR count). The fourth-order valence-corrected chi connectivity index (χ4v) is 2.47. The Hall–Kier alpha value is -1.85. The number of ether oxygens (including phenoxy) is 2. The lowest BCUT2D eigenvalue weighted by molar-refractivity contribution is -0.134. The quantitative estimate of drug-likeness (QED) is 0.440. The molecule has 25 heavy (non-hydrogen) atoms. The van der Waals surface area contributed by atoms with Crippen molar-refractivity contribution in [2.75, 3.05) is 0 Å². The number of benzene rings is 2. The van der Waals surface area contributed by atoms with E-state index in [2.05, 4.69) is 0 Å². The van der Waals surface area contributed by atoms with Gasteiger partial charge in [-0.2, -0.15) is 0 Å². The van der Waals surface area contributed by atoms with Crippen molar-refractivity contribution in [1.29, 1.82) is 0 Å². The fraction of sp³-hybridized carbons (Fsp3) is 0.278. The molecule has 0 N–H and O–H groups in total. The van der Waals surface area contributed by atoms with E-state index >= 15 is 0 Å². The molecule has 0 spiro atoms. The summed E-state index contributed by atoms with van der Waals surface area (Å²) in [4.78, 5) is 11.5. The van der Waals surface area contributed by atoms with E-state index in [9.17, 15) is 13.6 Å². The molecule has 0 aromatic heterocycles. The first kappa shape index (κ1) is 19.5. The summed E-state index contributed by atoms with van der Waals surface area (Å²) in [7, 11) is 0. The second-order valence-corrected chi connectivity index (χ2v) is 6.09. The first-order valence-corrected chi connectivity index (χ1v) is 8.28. The number of carbonyl (C=O) groups is 1. The maximum atomic E-state index is 13.2. The van der Waals surface area contributed by atoms with Gasteiger partial charge in [0.1, 0.15) is 18.1 Å². The molecule has 0 aliphatic rings. The lowest BCUT2D eigenvalue weighted by atomic mass is 10.1. The number of hydrogen-bond acceptors (Lipinski definition) is 3. The summed E-state index contributed by atoms with van der Waals surface area (Å²) in [5.74, 6) is -0.246. The molecule has 0 atom stereocenters. The molecule has 0 unspecified atom stereocenters. The number of carbonyl (C=O) groups excluding carboxylic acids is 1.